The van der Waals surface area contributed by atoms with E-state index >= 15 is 0 Å². The Kier molecular flexibility index (Phi) is 5.79. The predicted molar refractivity (Wildman–Crippen MR) is 109 cm³/mol. The number of para-hydroxylation sites is 1. The minimum absolute atomic E-state index is 0.131. The van der Waals surface area contributed by atoms with E-state index in [1.54, 1.807) is 6.92 Å². The van der Waals surface area contributed by atoms with Gasteiger partial charge in [-0.25, -0.2) is 12.8 Å². The number of anilines is 2. The number of nitro groups is 1. The molecular formula is C20H16FN3O5S. The van der Waals surface area contributed by atoms with Gasteiger partial charge in [-0.15, -0.1) is 0 Å². The summed E-state index contributed by atoms with van der Waals surface area (Å²) in [5.74, 6) is -1.29. The maximum Gasteiger partial charge on any atom is 0.274 e. The Morgan fingerprint density at radius 3 is 2.33 bits per heavy atom. The van der Waals surface area contributed by atoms with Crippen molar-refractivity contribution in [2.45, 2.75) is 11.8 Å². The van der Waals surface area contributed by atoms with Gasteiger partial charge < -0.3 is 5.32 Å². The van der Waals surface area contributed by atoms with Gasteiger partial charge in [-0.3, -0.25) is 19.6 Å². The highest BCUT2D eigenvalue weighted by Gasteiger charge is 2.18. The third kappa shape index (κ3) is 4.61. The first kappa shape index (κ1) is 20.9. The third-order valence-corrected chi connectivity index (χ3v) is 5.59. The van der Waals surface area contributed by atoms with Gasteiger partial charge in [0.1, 0.15) is 5.82 Å². The second-order valence-electron chi connectivity index (χ2n) is 6.32. The smallest absolute Gasteiger partial charge is 0.274 e. The second kappa shape index (κ2) is 8.29. The number of nitrogens with zero attached hydrogens (tertiary/aromatic N) is 1. The third-order valence-electron chi connectivity index (χ3n) is 4.21. The molecule has 0 bridgehead atoms. The highest BCUT2D eigenvalue weighted by molar-refractivity contribution is 7.92. The molecule has 3 aromatic rings. The van der Waals surface area contributed by atoms with Crippen LogP contribution >= 0.6 is 0 Å². The fourth-order valence-corrected chi connectivity index (χ4v) is 3.69. The summed E-state index contributed by atoms with van der Waals surface area (Å²) in [6.07, 6.45) is 0. The quantitative estimate of drug-likeness (QED) is 0.452. The lowest BCUT2D eigenvalue weighted by atomic mass is 10.1. The molecule has 0 radical (unpaired) electrons. The first-order chi connectivity index (χ1) is 14.2. The number of hydrogen-bond acceptors (Lipinski definition) is 5. The highest BCUT2D eigenvalue weighted by atomic mass is 32.2. The van der Waals surface area contributed by atoms with Gasteiger partial charge >= 0.3 is 0 Å². The van der Waals surface area contributed by atoms with Crippen LogP contribution in [-0.4, -0.2) is 19.2 Å². The molecule has 0 fully saturated rings. The normalized spacial score (nSPS) is 11.0. The molecule has 3 rings (SSSR count). The first-order valence-corrected chi connectivity index (χ1v) is 10.1. The number of sulfonamides is 1. The summed E-state index contributed by atoms with van der Waals surface area (Å²) in [5, 5.41) is 13.5. The summed E-state index contributed by atoms with van der Waals surface area (Å²) in [4.78, 5) is 22.7. The Hall–Kier alpha value is -3.79. The molecule has 0 aliphatic heterocycles. The van der Waals surface area contributed by atoms with Gasteiger partial charge in [-0.2, -0.15) is 0 Å². The van der Waals surface area contributed by atoms with Crippen LogP contribution in [0.15, 0.2) is 71.6 Å². The maximum atomic E-state index is 13.7. The zero-order valence-corrected chi connectivity index (χ0v) is 16.4. The molecule has 2 N–H and O–H groups in total. The van der Waals surface area contributed by atoms with Gasteiger partial charge in [0, 0.05) is 22.9 Å². The van der Waals surface area contributed by atoms with Crippen LogP contribution in [0.3, 0.4) is 0 Å². The van der Waals surface area contributed by atoms with Crippen molar-refractivity contribution in [3.05, 3.63) is 93.8 Å². The van der Waals surface area contributed by atoms with Gasteiger partial charge in [0.05, 0.1) is 15.5 Å². The molecule has 1 amide bonds. The highest BCUT2D eigenvalue weighted by Crippen LogP contribution is 2.23. The van der Waals surface area contributed by atoms with Crippen molar-refractivity contribution in [2.24, 2.45) is 0 Å². The van der Waals surface area contributed by atoms with Gasteiger partial charge in [-0.1, -0.05) is 18.2 Å². The summed E-state index contributed by atoms with van der Waals surface area (Å²) in [7, 11) is -4.05. The maximum absolute atomic E-state index is 13.7. The molecule has 0 unspecified atom stereocenters. The van der Waals surface area contributed by atoms with Crippen molar-refractivity contribution < 1.29 is 22.5 Å². The molecule has 154 valence electrons. The van der Waals surface area contributed by atoms with Crippen LogP contribution in [0.2, 0.25) is 0 Å². The van der Waals surface area contributed by atoms with Gasteiger partial charge in [-0.05, 0) is 49.4 Å². The average Bonchev–Trinajstić information content (AvgIpc) is 2.71. The van der Waals surface area contributed by atoms with E-state index in [0.717, 1.165) is 6.07 Å². The van der Waals surface area contributed by atoms with Crippen LogP contribution in [0.1, 0.15) is 15.9 Å². The van der Waals surface area contributed by atoms with Crippen molar-refractivity contribution >= 4 is 33.0 Å². The second-order valence-corrected chi connectivity index (χ2v) is 8.00. The summed E-state index contributed by atoms with van der Waals surface area (Å²) in [5.41, 5.74) is 0.502. The van der Waals surface area contributed by atoms with Crippen LogP contribution in [0, 0.1) is 22.9 Å². The van der Waals surface area contributed by atoms with Gasteiger partial charge in [0.2, 0.25) is 0 Å². The van der Waals surface area contributed by atoms with E-state index in [9.17, 15) is 27.7 Å². The lowest BCUT2D eigenvalue weighted by Gasteiger charge is -2.10. The minimum atomic E-state index is -4.05. The van der Waals surface area contributed by atoms with E-state index in [4.69, 9.17) is 0 Å². The number of rotatable bonds is 6. The molecule has 8 nitrogen and oxygen atoms in total. The molecule has 0 saturated carbocycles. The Morgan fingerprint density at radius 2 is 1.70 bits per heavy atom. The SMILES string of the molecule is Cc1ccc(NC(=O)c2ccc(S(=O)(=O)Nc3ccccc3F)cc2)cc1[N+](=O)[O-]. The molecule has 10 heteroatoms. The van der Waals surface area contributed by atoms with E-state index in [0.29, 0.717) is 5.56 Å². The Morgan fingerprint density at radius 1 is 1.03 bits per heavy atom. The average molecular weight is 429 g/mol. The van der Waals surface area contributed by atoms with Crippen LogP contribution in [0.5, 0.6) is 0 Å². The zero-order valence-electron chi connectivity index (χ0n) is 15.6. The molecule has 0 aliphatic rings. The minimum Gasteiger partial charge on any atom is -0.322 e. The van der Waals surface area contributed by atoms with E-state index in [2.05, 4.69) is 10.0 Å². The number of hydrogen-bond donors (Lipinski definition) is 2. The molecule has 0 atom stereocenters. The fraction of sp³-hybridized carbons (Fsp3) is 0.0500. The first-order valence-electron chi connectivity index (χ1n) is 8.61. The van der Waals surface area contributed by atoms with Crippen LogP contribution < -0.4 is 10.0 Å². The standard InChI is InChI=1S/C20H16FN3O5S/c1-13-6-9-15(12-19(13)24(26)27)22-20(25)14-7-10-16(11-8-14)30(28,29)23-18-5-3-2-4-17(18)21/h2-12,23H,1H3,(H,22,25). The molecule has 0 spiro atoms. The lowest BCUT2D eigenvalue weighted by molar-refractivity contribution is -0.385. The monoisotopic (exact) mass is 429 g/mol. The number of carbonyl (C=O) groups excluding carboxylic acids is 1. The van der Waals surface area contributed by atoms with Gasteiger partial charge in [0.15, 0.2) is 0 Å². The number of aryl methyl sites for hydroxylation is 1. The van der Waals surface area contributed by atoms with E-state index in [1.807, 2.05) is 0 Å². The Bertz CT molecular complexity index is 1230. The number of benzene rings is 3. The van der Waals surface area contributed by atoms with E-state index in [1.165, 1.54) is 60.7 Å². The number of amides is 1. The van der Waals surface area contributed by atoms with Crippen molar-refractivity contribution in [1.29, 1.82) is 0 Å². The summed E-state index contributed by atoms with van der Waals surface area (Å²) in [6.45, 7) is 1.58. The molecule has 0 heterocycles. The molecule has 30 heavy (non-hydrogen) atoms. The summed E-state index contributed by atoms with van der Waals surface area (Å²) in [6, 6.07) is 14.6. The van der Waals surface area contributed by atoms with Crippen molar-refractivity contribution in [2.75, 3.05) is 10.0 Å². The van der Waals surface area contributed by atoms with Gasteiger partial charge in [0.25, 0.3) is 21.6 Å². The van der Waals surface area contributed by atoms with E-state index in [-0.39, 0.29) is 27.5 Å². The van der Waals surface area contributed by atoms with E-state index < -0.39 is 26.7 Å². The fourth-order valence-electron chi connectivity index (χ4n) is 2.62. The Labute approximate surface area is 171 Å². The van der Waals surface area contributed by atoms with Crippen molar-refractivity contribution in [3.63, 3.8) is 0 Å². The largest absolute Gasteiger partial charge is 0.322 e. The van der Waals surface area contributed by atoms with Crippen molar-refractivity contribution in [1.82, 2.24) is 0 Å². The van der Waals surface area contributed by atoms with Crippen LogP contribution in [0.25, 0.3) is 0 Å². The number of nitrogens with one attached hydrogen (secondary N) is 2. The topological polar surface area (TPSA) is 118 Å². The molecule has 3 aromatic carbocycles. The number of halogens is 1. The van der Waals surface area contributed by atoms with Crippen LogP contribution in [0.4, 0.5) is 21.5 Å². The number of carbonyl (C=O) groups is 1. The summed E-state index contributed by atoms with van der Waals surface area (Å²) < 4.78 is 40.7. The molecule has 0 saturated heterocycles. The van der Waals surface area contributed by atoms with Crippen LogP contribution in [-0.2, 0) is 10.0 Å². The zero-order chi connectivity index (χ0) is 21.9. The predicted octanol–water partition coefficient (Wildman–Crippen LogP) is 4.10. The van der Waals surface area contributed by atoms with Crippen molar-refractivity contribution in [3.8, 4) is 0 Å². The summed E-state index contributed by atoms with van der Waals surface area (Å²) >= 11 is 0. The molecular weight excluding hydrogens is 413 g/mol. The molecule has 0 aromatic heterocycles. The molecule has 0 aliphatic carbocycles. The number of nitro benzene ring substituents is 1. The Balaban J connectivity index is 1.77. The lowest BCUT2D eigenvalue weighted by Crippen LogP contribution is -2.15.